The Morgan fingerprint density at radius 2 is 1.82 bits per heavy atom. The van der Waals surface area contributed by atoms with E-state index in [1.54, 1.807) is 6.33 Å². The number of nitrogens with one attached hydrogen (secondary N) is 2. The zero-order valence-electron chi connectivity index (χ0n) is 22.1. The number of piperidine rings is 1. The first-order valence-electron chi connectivity index (χ1n) is 13.8. The predicted octanol–water partition coefficient (Wildman–Crippen LogP) is 3.86. The molecule has 2 fully saturated rings. The van der Waals surface area contributed by atoms with Crippen LogP contribution in [0.1, 0.15) is 41.4 Å². The van der Waals surface area contributed by atoms with Crippen LogP contribution in [0.25, 0.3) is 21.9 Å². The highest BCUT2D eigenvalue weighted by atomic mass is 16.1. The molecule has 4 heterocycles. The molecule has 0 radical (unpaired) electrons. The molecule has 2 aliphatic heterocycles. The van der Waals surface area contributed by atoms with Gasteiger partial charge in [0.25, 0.3) is 5.91 Å². The summed E-state index contributed by atoms with van der Waals surface area (Å²) in [6.45, 7) is 5.67. The number of carbonyl (C=O) groups is 1. The molecule has 1 unspecified atom stereocenters. The fourth-order valence-electron chi connectivity index (χ4n) is 6.27. The van der Waals surface area contributed by atoms with Gasteiger partial charge >= 0.3 is 0 Å². The Kier molecular flexibility index (Phi) is 6.91. The maximum atomic E-state index is 13.3. The van der Waals surface area contributed by atoms with E-state index in [-0.39, 0.29) is 11.9 Å². The van der Waals surface area contributed by atoms with Gasteiger partial charge in [0, 0.05) is 37.9 Å². The molecule has 38 heavy (non-hydrogen) atoms. The number of carbonyl (C=O) groups excluding carboxylic acids is 1. The first kappa shape index (κ1) is 24.7. The number of hydrogen-bond acceptors (Lipinski definition) is 5. The number of aromatic amines is 1. The molecule has 6 rings (SSSR count). The highest BCUT2D eigenvalue weighted by Crippen LogP contribution is 2.42. The fraction of sp³-hybridized carbons (Fsp3) is 0.400. The van der Waals surface area contributed by atoms with E-state index in [1.807, 2.05) is 6.20 Å². The van der Waals surface area contributed by atoms with Gasteiger partial charge in [0.2, 0.25) is 0 Å². The van der Waals surface area contributed by atoms with E-state index in [9.17, 15) is 4.79 Å². The lowest BCUT2D eigenvalue weighted by Crippen LogP contribution is -2.46. The third-order valence-electron chi connectivity index (χ3n) is 8.36. The minimum Gasteiger partial charge on any atom is -0.365 e. The Morgan fingerprint density at radius 3 is 2.55 bits per heavy atom. The number of imidazole rings is 1. The van der Waals surface area contributed by atoms with Crippen molar-refractivity contribution in [3.63, 3.8) is 0 Å². The number of likely N-dealkylation sites (N-methyl/N-ethyl adjacent to an activating group) is 1. The van der Waals surface area contributed by atoms with E-state index >= 15 is 0 Å². The maximum Gasteiger partial charge on any atom is 0.253 e. The van der Waals surface area contributed by atoms with Crippen LogP contribution in [-0.2, 0) is 0 Å². The number of primary amides is 1. The van der Waals surface area contributed by atoms with Crippen molar-refractivity contribution >= 4 is 22.5 Å². The van der Waals surface area contributed by atoms with Crippen LogP contribution in [0.2, 0.25) is 0 Å². The molecule has 8 nitrogen and oxygen atoms in total. The van der Waals surface area contributed by atoms with Gasteiger partial charge in [0.1, 0.15) is 5.82 Å². The van der Waals surface area contributed by atoms with E-state index < -0.39 is 0 Å². The van der Waals surface area contributed by atoms with Crippen molar-refractivity contribution in [3.8, 4) is 11.1 Å². The predicted molar refractivity (Wildman–Crippen MR) is 153 cm³/mol. The van der Waals surface area contributed by atoms with Crippen LogP contribution in [-0.4, -0.2) is 71.7 Å². The number of benzene rings is 2. The molecule has 198 valence electrons. The second kappa shape index (κ2) is 10.6. The first-order valence-corrected chi connectivity index (χ1v) is 13.8. The zero-order chi connectivity index (χ0) is 26.1. The molecule has 0 saturated carbocycles. The quantitative estimate of drug-likeness (QED) is 0.350. The smallest absolute Gasteiger partial charge is 0.253 e. The van der Waals surface area contributed by atoms with E-state index in [2.05, 4.69) is 85.4 Å². The summed E-state index contributed by atoms with van der Waals surface area (Å²) < 4.78 is 2.33. The molecule has 1 atom stereocenters. The van der Waals surface area contributed by atoms with Crippen LogP contribution in [0, 0.1) is 5.92 Å². The van der Waals surface area contributed by atoms with Crippen molar-refractivity contribution < 1.29 is 4.79 Å². The van der Waals surface area contributed by atoms with Crippen molar-refractivity contribution in [2.75, 3.05) is 51.2 Å². The Bertz CT molecular complexity index is 1390. The molecule has 2 saturated heterocycles. The van der Waals surface area contributed by atoms with Crippen LogP contribution in [0.4, 0.5) is 5.82 Å². The van der Waals surface area contributed by atoms with Crippen molar-refractivity contribution in [1.29, 1.82) is 0 Å². The molecule has 2 aromatic carbocycles. The van der Waals surface area contributed by atoms with Gasteiger partial charge < -0.3 is 30.4 Å². The third kappa shape index (κ3) is 4.70. The highest BCUT2D eigenvalue weighted by molar-refractivity contribution is 6.09. The van der Waals surface area contributed by atoms with Gasteiger partial charge in [-0.05, 0) is 61.7 Å². The van der Waals surface area contributed by atoms with Gasteiger partial charge in [0.05, 0.1) is 29.8 Å². The average Bonchev–Trinajstić information content (AvgIpc) is 3.61. The zero-order valence-corrected chi connectivity index (χ0v) is 22.1. The number of aromatic nitrogens is 3. The van der Waals surface area contributed by atoms with Crippen LogP contribution in [0.5, 0.6) is 0 Å². The minimum absolute atomic E-state index is 0.0251. The summed E-state index contributed by atoms with van der Waals surface area (Å²) in [5.74, 6) is 1.14. The summed E-state index contributed by atoms with van der Waals surface area (Å²) in [5, 5.41) is 5.76. The van der Waals surface area contributed by atoms with E-state index in [0.717, 1.165) is 91.9 Å². The van der Waals surface area contributed by atoms with Crippen LogP contribution in [0.15, 0.2) is 61.2 Å². The molecule has 4 aromatic rings. The van der Waals surface area contributed by atoms with Crippen molar-refractivity contribution in [3.05, 3.63) is 72.4 Å². The van der Waals surface area contributed by atoms with Gasteiger partial charge in [-0.25, -0.2) is 4.98 Å². The number of anilines is 1. The molecule has 0 spiro atoms. The van der Waals surface area contributed by atoms with E-state index in [0.29, 0.717) is 11.5 Å². The SMILES string of the molecule is CN1CCN(c2c(C(N)=O)c(-c3cccc4ccccc34)cn2C(CC2CCNCC2)c2cnc[nH]2)CC1. The minimum atomic E-state index is -0.383. The van der Waals surface area contributed by atoms with Gasteiger partial charge in [-0.1, -0.05) is 42.5 Å². The average molecular weight is 512 g/mol. The second-order valence-electron chi connectivity index (χ2n) is 10.8. The summed E-state index contributed by atoms with van der Waals surface area (Å²) in [4.78, 5) is 25.8. The molecule has 0 aliphatic carbocycles. The summed E-state index contributed by atoms with van der Waals surface area (Å²) in [6, 6.07) is 14.7. The van der Waals surface area contributed by atoms with Gasteiger partial charge in [-0.2, -0.15) is 0 Å². The lowest BCUT2D eigenvalue weighted by molar-refractivity contribution is 0.100. The summed E-state index contributed by atoms with van der Waals surface area (Å²) in [6.07, 6.45) is 9.14. The highest BCUT2D eigenvalue weighted by Gasteiger charge is 2.32. The Labute approximate surface area is 223 Å². The molecule has 8 heteroatoms. The van der Waals surface area contributed by atoms with Crippen LogP contribution in [0.3, 0.4) is 0 Å². The first-order chi connectivity index (χ1) is 18.6. The van der Waals surface area contributed by atoms with Gasteiger partial charge in [0.15, 0.2) is 0 Å². The van der Waals surface area contributed by atoms with Gasteiger partial charge in [-0.15, -0.1) is 0 Å². The van der Waals surface area contributed by atoms with E-state index in [4.69, 9.17) is 5.73 Å². The van der Waals surface area contributed by atoms with Crippen molar-refractivity contribution in [1.82, 2.24) is 24.8 Å². The van der Waals surface area contributed by atoms with Gasteiger partial charge in [-0.3, -0.25) is 4.79 Å². The van der Waals surface area contributed by atoms with Crippen LogP contribution < -0.4 is 16.0 Å². The Morgan fingerprint density at radius 1 is 1.05 bits per heavy atom. The number of hydrogen-bond donors (Lipinski definition) is 3. The fourth-order valence-corrected chi connectivity index (χ4v) is 6.27. The molecule has 0 bridgehead atoms. The monoisotopic (exact) mass is 511 g/mol. The number of fused-ring (bicyclic) bond motifs is 1. The van der Waals surface area contributed by atoms with E-state index in [1.165, 1.54) is 0 Å². The summed E-state index contributed by atoms with van der Waals surface area (Å²) in [7, 11) is 2.15. The topological polar surface area (TPSA) is 95.2 Å². The van der Waals surface area contributed by atoms with Crippen molar-refractivity contribution in [2.45, 2.75) is 25.3 Å². The molecular weight excluding hydrogens is 474 g/mol. The molecule has 4 N–H and O–H groups in total. The number of piperazine rings is 1. The Hall–Kier alpha value is -3.62. The van der Waals surface area contributed by atoms with Crippen LogP contribution >= 0.6 is 0 Å². The summed E-state index contributed by atoms with van der Waals surface area (Å²) >= 11 is 0. The third-order valence-corrected chi connectivity index (χ3v) is 8.36. The number of rotatable bonds is 7. The molecule has 2 aliphatic rings. The number of H-pyrrole nitrogens is 1. The van der Waals surface area contributed by atoms with Crippen molar-refractivity contribution in [2.24, 2.45) is 11.7 Å². The Balaban J connectivity index is 1.56. The lowest BCUT2D eigenvalue weighted by atomic mass is 9.90. The largest absolute Gasteiger partial charge is 0.365 e. The second-order valence-corrected chi connectivity index (χ2v) is 10.8. The molecule has 1 amide bonds. The maximum absolute atomic E-state index is 13.3. The number of amides is 1. The standard InChI is InChI=1S/C30H37N7O/c1-35-13-15-36(16-14-35)30-28(29(31)38)25(24-8-4-6-22-5-2-3-7-23(22)24)19-37(30)27(26-18-33-20-34-26)17-21-9-11-32-12-10-21/h2-8,18-21,27,32H,9-17H2,1H3,(H2,31,38)(H,33,34). The lowest BCUT2D eigenvalue weighted by Gasteiger charge is -2.37. The molecular formula is C30H37N7O. The summed E-state index contributed by atoms with van der Waals surface area (Å²) in [5.41, 5.74) is 9.84. The molecule has 2 aromatic heterocycles. The number of nitrogens with zero attached hydrogens (tertiary/aromatic N) is 4. The normalized spacial score (nSPS) is 18.2. The number of nitrogens with two attached hydrogens (primary N) is 1.